The number of fused-ring (bicyclic) bond motifs is 3. The molecule has 114 valence electrons. The third kappa shape index (κ3) is 2.95. The Morgan fingerprint density at radius 2 is 1.90 bits per heavy atom. The average molecular weight is 325 g/mol. The molecule has 1 unspecified atom stereocenters. The monoisotopic (exact) mass is 325 g/mol. The smallest absolute Gasteiger partial charge is 0.256 e. The maximum atomic E-state index is 12.6. The van der Waals surface area contributed by atoms with Gasteiger partial charge in [0.1, 0.15) is 0 Å². The number of aliphatic hydroxyl groups is 1. The minimum Gasteiger partial charge on any atom is -0.380 e. The van der Waals surface area contributed by atoms with Gasteiger partial charge in [-0.2, -0.15) is 23.5 Å². The number of rotatable bonds is 0. The molecular weight excluding hydrogens is 306 g/mol. The fourth-order valence-corrected chi connectivity index (χ4v) is 4.46. The van der Waals surface area contributed by atoms with Crippen LogP contribution in [0.15, 0.2) is 24.3 Å². The molecule has 2 aliphatic rings. The molecule has 4 nitrogen and oxygen atoms in total. The standard InChI is InChI=1S/C15H19NO3S2/c17-14-12-3-1-2-4-13(12)15(18)11-21-10-7-19-6-9-20-8-5-16(14)15/h1-4,18H,5-11H2. The first-order valence-electron chi connectivity index (χ1n) is 7.10. The Morgan fingerprint density at radius 3 is 2.76 bits per heavy atom. The Kier molecular flexibility index (Phi) is 4.78. The van der Waals surface area contributed by atoms with Gasteiger partial charge in [0.25, 0.3) is 5.91 Å². The Balaban J connectivity index is 1.88. The maximum Gasteiger partial charge on any atom is 0.256 e. The van der Waals surface area contributed by atoms with Crippen LogP contribution in [-0.2, 0) is 10.5 Å². The van der Waals surface area contributed by atoms with Crippen LogP contribution in [0.4, 0.5) is 0 Å². The number of nitrogens with zero attached hydrogens (tertiary/aromatic N) is 1. The van der Waals surface area contributed by atoms with Gasteiger partial charge in [-0.1, -0.05) is 18.2 Å². The maximum absolute atomic E-state index is 12.6. The summed E-state index contributed by atoms with van der Waals surface area (Å²) in [4.78, 5) is 14.2. The molecule has 1 saturated heterocycles. The predicted octanol–water partition coefficient (Wildman–Crippen LogP) is 1.78. The van der Waals surface area contributed by atoms with Crippen molar-refractivity contribution < 1.29 is 14.6 Å². The number of carbonyl (C=O) groups is 1. The fraction of sp³-hybridized carbons (Fsp3) is 0.533. The van der Waals surface area contributed by atoms with Gasteiger partial charge in [-0.15, -0.1) is 0 Å². The zero-order valence-corrected chi connectivity index (χ0v) is 13.4. The molecule has 1 amide bonds. The van der Waals surface area contributed by atoms with Crippen LogP contribution < -0.4 is 0 Å². The van der Waals surface area contributed by atoms with Crippen molar-refractivity contribution in [3.63, 3.8) is 0 Å². The molecule has 3 rings (SSSR count). The fourth-order valence-electron chi connectivity index (χ4n) is 2.73. The number of hydrogen-bond donors (Lipinski definition) is 1. The van der Waals surface area contributed by atoms with Crippen molar-refractivity contribution >= 4 is 29.4 Å². The SMILES string of the molecule is O=C1c2ccccc2C2(O)CSCCOCCSCCN12. The van der Waals surface area contributed by atoms with E-state index in [4.69, 9.17) is 4.74 Å². The number of carbonyl (C=O) groups excluding carboxylic acids is 1. The van der Waals surface area contributed by atoms with Crippen LogP contribution in [0.1, 0.15) is 15.9 Å². The molecule has 1 aromatic carbocycles. The van der Waals surface area contributed by atoms with Crippen molar-refractivity contribution in [1.82, 2.24) is 4.90 Å². The van der Waals surface area contributed by atoms with Gasteiger partial charge in [0, 0.05) is 40.7 Å². The minimum atomic E-state index is -1.18. The molecule has 0 aromatic heterocycles. The summed E-state index contributed by atoms with van der Waals surface area (Å²) in [6, 6.07) is 7.40. The zero-order valence-electron chi connectivity index (χ0n) is 11.8. The van der Waals surface area contributed by atoms with E-state index in [0.717, 1.165) is 29.4 Å². The molecule has 1 N–H and O–H groups in total. The summed E-state index contributed by atoms with van der Waals surface area (Å²) in [6.07, 6.45) is 0. The van der Waals surface area contributed by atoms with E-state index >= 15 is 0 Å². The van der Waals surface area contributed by atoms with Crippen LogP contribution >= 0.6 is 23.5 Å². The van der Waals surface area contributed by atoms with Gasteiger partial charge in [-0.25, -0.2) is 0 Å². The first-order valence-corrected chi connectivity index (χ1v) is 9.41. The summed E-state index contributed by atoms with van der Waals surface area (Å²) < 4.78 is 5.54. The highest BCUT2D eigenvalue weighted by Gasteiger charge is 2.47. The van der Waals surface area contributed by atoms with Crippen LogP contribution in [0.2, 0.25) is 0 Å². The van der Waals surface area contributed by atoms with E-state index in [1.807, 2.05) is 24.3 Å². The van der Waals surface area contributed by atoms with Crippen LogP contribution in [0.5, 0.6) is 0 Å². The van der Waals surface area contributed by atoms with Crippen LogP contribution in [0.25, 0.3) is 0 Å². The molecule has 1 atom stereocenters. The lowest BCUT2D eigenvalue weighted by Gasteiger charge is -2.34. The van der Waals surface area contributed by atoms with Crippen LogP contribution in [0, 0.1) is 0 Å². The highest BCUT2D eigenvalue weighted by molar-refractivity contribution is 7.99. The van der Waals surface area contributed by atoms with Crippen molar-refractivity contribution in [2.75, 3.05) is 42.8 Å². The Hall–Kier alpha value is -0.690. The Morgan fingerprint density at radius 1 is 1.14 bits per heavy atom. The van der Waals surface area contributed by atoms with Crippen molar-refractivity contribution in [3.8, 4) is 0 Å². The van der Waals surface area contributed by atoms with E-state index < -0.39 is 5.72 Å². The largest absolute Gasteiger partial charge is 0.380 e. The number of hydrogen-bond acceptors (Lipinski definition) is 5. The van der Waals surface area contributed by atoms with Gasteiger partial charge in [0.15, 0.2) is 5.72 Å². The minimum absolute atomic E-state index is 0.0531. The molecule has 2 aliphatic heterocycles. The average Bonchev–Trinajstić information content (AvgIpc) is 2.70. The van der Waals surface area contributed by atoms with E-state index in [-0.39, 0.29) is 5.91 Å². The van der Waals surface area contributed by atoms with Crippen LogP contribution in [-0.4, -0.2) is 58.7 Å². The highest BCUT2D eigenvalue weighted by atomic mass is 32.2. The number of benzene rings is 1. The van der Waals surface area contributed by atoms with E-state index in [0.29, 0.717) is 24.5 Å². The summed E-state index contributed by atoms with van der Waals surface area (Å²) in [6.45, 7) is 2.01. The second kappa shape index (κ2) is 6.60. The van der Waals surface area contributed by atoms with Crippen molar-refractivity contribution in [2.45, 2.75) is 5.72 Å². The molecule has 1 fully saturated rings. The molecular formula is C15H19NO3S2. The molecule has 0 radical (unpaired) electrons. The molecule has 0 saturated carbocycles. The number of amides is 1. The van der Waals surface area contributed by atoms with Gasteiger partial charge in [0.2, 0.25) is 0 Å². The van der Waals surface area contributed by atoms with E-state index in [1.54, 1.807) is 28.4 Å². The molecule has 0 spiro atoms. The van der Waals surface area contributed by atoms with Crippen molar-refractivity contribution in [3.05, 3.63) is 35.4 Å². The summed E-state index contributed by atoms with van der Waals surface area (Å²) in [5, 5.41) is 11.2. The van der Waals surface area contributed by atoms with Gasteiger partial charge in [-0.3, -0.25) is 4.79 Å². The van der Waals surface area contributed by atoms with Crippen LogP contribution in [0.3, 0.4) is 0 Å². The topological polar surface area (TPSA) is 49.8 Å². The highest BCUT2D eigenvalue weighted by Crippen LogP contribution is 2.39. The molecule has 6 heteroatoms. The van der Waals surface area contributed by atoms with Crippen molar-refractivity contribution in [1.29, 1.82) is 0 Å². The van der Waals surface area contributed by atoms with E-state index in [9.17, 15) is 9.90 Å². The summed E-state index contributed by atoms with van der Waals surface area (Å²) in [5.41, 5.74) is 0.195. The normalized spacial score (nSPS) is 27.5. The Bertz CT molecular complexity index is 525. The summed E-state index contributed by atoms with van der Waals surface area (Å²) in [5.74, 6) is 3.01. The quantitative estimate of drug-likeness (QED) is 0.788. The van der Waals surface area contributed by atoms with Gasteiger partial charge in [-0.05, 0) is 6.07 Å². The number of ether oxygens (including phenoxy) is 1. The summed E-state index contributed by atoms with van der Waals surface area (Å²) >= 11 is 3.39. The second-order valence-corrected chi connectivity index (χ2v) is 7.43. The molecule has 2 heterocycles. The van der Waals surface area contributed by atoms with Gasteiger partial charge in [0.05, 0.1) is 13.2 Å². The van der Waals surface area contributed by atoms with E-state index in [1.165, 1.54) is 0 Å². The van der Waals surface area contributed by atoms with Gasteiger partial charge >= 0.3 is 0 Å². The van der Waals surface area contributed by atoms with E-state index in [2.05, 4.69) is 0 Å². The lowest BCUT2D eigenvalue weighted by molar-refractivity contribution is -0.0613. The molecule has 0 bridgehead atoms. The van der Waals surface area contributed by atoms with Gasteiger partial charge < -0.3 is 14.7 Å². The lowest BCUT2D eigenvalue weighted by Crippen LogP contribution is -2.47. The number of thioether (sulfide) groups is 2. The predicted molar refractivity (Wildman–Crippen MR) is 86.8 cm³/mol. The molecule has 1 aromatic rings. The molecule has 21 heavy (non-hydrogen) atoms. The first kappa shape index (κ1) is 15.2. The third-order valence-corrected chi connectivity index (χ3v) is 5.78. The first-order chi connectivity index (χ1) is 10.2. The zero-order chi connectivity index (χ0) is 14.7. The van der Waals surface area contributed by atoms with Crippen molar-refractivity contribution in [2.24, 2.45) is 0 Å². The lowest BCUT2D eigenvalue weighted by atomic mass is 10.0. The Labute approximate surface area is 133 Å². The molecule has 0 aliphatic carbocycles. The summed E-state index contributed by atoms with van der Waals surface area (Å²) in [7, 11) is 0. The third-order valence-electron chi connectivity index (χ3n) is 3.79. The second-order valence-electron chi connectivity index (χ2n) is 5.10.